The van der Waals surface area contributed by atoms with Gasteiger partial charge in [0.2, 0.25) is 17.1 Å². The molecule has 0 aliphatic rings. The van der Waals surface area contributed by atoms with Gasteiger partial charge in [0.1, 0.15) is 0 Å². The Bertz CT molecular complexity index is 281. The van der Waals surface area contributed by atoms with Crippen molar-refractivity contribution in [2.75, 3.05) is 0 Å². The zero-order chi connectivity index (χ0) is 6.85. The van der Waals surface area contributed by atoms with E-state index in [0.29, 0.717) is 0 Å². The summed E-state index contributed by atoms with van der Waals surface area (Å²) < 4.78 is 0. The van der Waals surface area contributed by atoms with Crippen molar-refractivity contribution in [2.24, 2.45) is 0 Å². The third-order valence-corrected chi connectivity index (χ3v) is 0.644. The molecular formula is C3H2LiN3O3. The van der Waals surface area contributed by atoms with Crippen molar-refractivity contribution in [2.45, 2.75) is 0 Å². The zero-order valence-electron chi connectivity index (χ0n) is 5.17. The summed E-state index contributed by atoms with van der Waals surface area (Å²) in [7, 11) is 0. The van der Waals surface area contributed by atoms with Crippen molar-refractivity contribution in [1.29, 1.82) is 0 Å². The smallest absolute Gasteiger partial charge is 0.346 e. The molecular weight excluding hydrogens is 133 g/mol. The fourth-order valence-corrected chi connectivity index (χ4v) is 0.374. The van der Waals surface area contributed by atoms with Gasteiger partial charge < -0.3 is 9.97 Å². The van der Waals surface area contributed by atoms with E-state index in [2.05, 4.69) is 4.98 Å². The van der Waals surface area contributed by atoms with Gasteiger partial charge in [-0.25, -0.2) is 0 Å². The molecule has 0 aromatic carbocycles. The molecule has 6 nitrogen and oxygen atoms in total. The van der Waals surface area contributed by atoms with Crippen molar-refractivity contribution < 1.29 is 18.9 Å². The quantitative estimate of drug-likeness (QED) is 0.346. The van der Waals surface area contributed by atoms with E-state index in [1.807, 2.05) is 0 Å². The molecule has 0 saturated heterocycles. The Morgan fingerprint density at radius 3 is 1.70 bits per heavy atom. The van der Waals surface area contributed by atoms with E-state index in [1.165, 1.54) is 0 Å². The summed E-state index contributed by atoms with van der Waals surface area (Å²) in [5.74, 6) is 0. The first-order valence-corrected chi connectivity index (χ1v) is 2.06. The second kappa shape index (κ2) is 3.25. The maximum Gasteiger partial charge on any atom is 1.00 e. The van der Waals surface area contributed by atoms with Crippen molar-refractivity contribution in [3.8, 4) is 0 Å². The Labute approximate surface area is 65.9 Å². The van der Waals surface area contributed by atoms with Crippen LogP contribution in [0.15, 0.2) is 14.4 Å². The number of rotatable bonds is 0. The summed E-state index contributed by atoms with van der Waals surface area (Å²) in [6.45, 7) is 0. The van der Waals surface area contributed by atoms with Crippen molar-refractivity contribution in [3.63, 3.8) is 0 Å². The second-order valence-electron chi connectivity index (χ2n) is 1.30. The van der Waals surface area contributed by atoms with Gasteiger partial charge in [-0.15, -0.1) is 0 Å². The minimum atomic E-state index is -0.927. The molecule has 1 heterocycles. The number of nitrogens with zero attached hydrogens (tertiary/aromatic N) is 1. The maximum atomic E-state index is 10.2. The van der Waals surface area contributed by atoms with Crippen molar-refractivity contribution in [3.05, 3.63) is 31.5 Å². The minimum Gasteiger partial charge on any atom is -0.346 e. The number of aromatic nitrogens is 3. The molecule has 0 saturated carbocycles. The standard InChI is InChI=1S/C3H3N3O3.Li/c7-1-4-2(8)6-3(9)5-1;/h(H3,4,5,6,7,8,9);/q;+1/p-1. The van der Waals surface area contributed by atoms with Gasteiger partial charge in [0.05, 0.1) is 0 Å². The molecule has 0 amide bonds. The van der Waals surface area contributed by atoms with E-state index in [9.17, 15) is 14.4 Å². The number of nitrogens with one attached hydrogen (secondary N) is 2. The fraction of sp³-hybridized carbons (Fsp3) is 0. The predicted molar refractivity (Wildman–Crippen MR) is 27.3 cm³/mol. The minimum absolute atomic E-state index is 0. The summed E-state index contributed by atoms with van der Waals surface area (Å²) in [5.41, 5.74) is -2.69. The van der Waals surface area contributed by atoms with Crippen LogP contribution in [0.25, 0.3) is 0 Å². The molecule has 1 aromatic heterocycles. The second-order valence-corrected chi connectivity index (χ2v) is 1.30. The number of hydrogen-bond acceptors (Lipinski definition) is 3. The van der Waals surface area contributed by atoms with Gasteiger partial charge in [-0.05, 0) is 0 Å². The molecule has 0 bridgehead atoms. The number of H-pyrrole nitrogens is 2. The van der Waals surface area contributed by atoms with Crippen LogP contribution in [0.5, 0.6) is 0 Å². The third-order valence-electron chi connectivity index (χ3n) is 0.644. The molecule has 48 valence electrons. The normalized spacial score (nSPS) is 8.40. The van der Waals surface area contributed by atoms with E-state index in [0.717, 1.165) is 0 Å². The maximum absolute atomic E-state index is 10.2. The van der Waals surface area contributed by atoms with Crippen LogP contribution in [0.2, 0.25) is 0 Å². The average molecular weight is 135 g/mol. The SMILES string of the molecule is O=c1[n-]c(=O)[nH]c(=O)[nH]1.[Li+]. The number of aromatic amines is 2. The molecule has 0 atom stereocenters. The molecule has 10 heavy (non-hydrogen) atoms. The predicted octanol–water partition coefficient (Wildman–Crippen LogP) is -5.62. The van der Waals surface area contributed by atoms with Gasteiger partial charge in [-0.2, -0.15) is 0 Å². The van der Waals surface area contributed by atoms with Gasteiger partial charge in [0.15, 0.2) is 0 Å². The Balaban J connectivity index is 0.000000810. The molecule has 0 aliphatic carbocycles. The molecule has 7 heteroatoms. The molecule has 1 rings (SSSR count). The fourth-order valence-electron chi connectivity index (χ4n) is 0.374. The summed E-state index contributed by atoms with van der Waals surface area (Å²) in [5, 5.41) is 0. The van der Waals surface area contributed by atoms with Crippen LogP contribution >= 0.6 is 0 Å². The van der Waals surface area contributed by atoms with Gasteiger partial charge in [-0.3, -0.25) is 19.4 Å². The van der Waals surface area contributed by atoms with E-state index >= 15 is 0 Å². The first kappa shape index (κ1) is 9.01. The van der Waals surface area contributed by atoms with Crippen molar-refractivity contribution in [1.82, 2.24) is 15.0 Å². The Kier molecular flexibility index (Phi) is 2.92. The molecule has 0 spiro atoms. The van der Waals surface area contributed by atoms with Gasteiger partial charge >= 0.3 is 18.9 Å². The summed E-state index contributed by atoms with van der Waals surface area (Å²) in [6.07, 6.45) is 0. The molecule has 0 fully saturated rings. The van der Waals surface area contributed by atoms with Crippen LogP contribution in [0.3, 0.4) is 0 Å². The van der Waals surface area contributed by atoms with E-state index in [-0.39, 0.29) is 18.9 Å². The Morgan fingerprint density at radius 2 is 1.40 bits per heavy atom. The van der Waals surface area contributed by atoms with Gasteiger partial charge in [0.25, 0.3) is 0 Å². The van der Waals surface area contributed by atoms with Gasteiger partial charge in [-0.1, -0.05) is 0 Å². The topological polar surface area (TPSA) is 96.9 Å². The molecule has 0 unspecified atom stereocenters. The van der Waals surface area contributed by atoms with E-state index < -0.39 is 17.1 Å². The molecule has 0 radical (unpaired) electrons. The summed E-state index contributed by atoms with van der Waals surface area (Å²) in [6, 6.07) is 0. The third kappa shape index (κ3) is 2.09. The first-order valence-electron chi connectivity index (χ1n) is 2.06. The Morgan fingerprint density at radius 1 is 1.00 bits per heavy atom. The van der Waals surface area contributed by atoms with Crippen LogP contribution in [0.4, 0.5) is 0 Å². The largest absolute Gasteiger partial charge is 1.00 e. The molecule has 1 aromatic rings. The molecule has 2 N–H and O–H groups in total. The van der Waals surface area contributed by atoms with Crippen LogP contribution in [-0.2, 0) is 0 Å². The van der Waals surface area contributed by atoms with Crippen molar-refractivity contribution >= 4 is 0 Å². The van der Waals surface area contributed by atoms with E-state index in [4.69, 9.17) is 0 Å². The molecule has 0 aliphatic heterocycles. The summed E-state index contributed by atoms with van der Waals surface area (Å²) in [4.78, 5) is 36.7. The van der Waals surface area contributed by atoms with Gasteiger partial charge in [0, 0.05) is 0 Å². The van der Waals surface area contributed by atoms with E-state index in [1.54, 1.807) is 9.97 Å². The zero-order valence-corrected chi connectivity index (χ0v) is 5.17. The first-order chi connectivity index (χ1) is 4.18. The van der Waals surface area contributed by atoms with Crippen LogP contribution in [0.1, 0.15) is 0 Å². The average Bonchev–Trinajstić information content (AvgIpc) is 1.59. The monoisotopic (exact) mass is 135 g/mol. The Hall–Kier alpha value is -0.993. The van der Waals surface area contributed by atoms with Crippen LogP contribution in [-0.4, -0.2) is 9.97 Å². The van der Waals surface area contributed by atoms with Crippen LogP contribution in [0, 0.1) is 0 Å². The number of hydrogen-bond donors (Lipinski definition) is 2. The summed E-state index contributed by atoms with van der Waals surface area (Å²) >= 11 is 0. The van der Waals surface area contributed by atoms with Crippen LogP contribution < -0.4 is 40.9 Å².